The van der Waals surface area contributed by atoms with E-state index in [0.29, 0.717) is 6.42 Å². The second-order valence-corrected chi connectivity index (χ2v) is 2.56. The molecule has 0 saturated carbocycles. The number of nitrogens with zero attached hydrogens (tertiary/aromatic N) is 1. The largest absolute Gasteiger partial charge is 0.508 e. The van der Waals surface area contributed by atoms with Gasteiger partial charge in [-0.05, 0) is 17.7 Å². The zero-order valence-electron chi connectivity index (χ0n) is 6.57. The molecule has 3 heteroatoms. The molecule has 0 aliphatic heterocycles. The molecular formula is C9H10N2O. The lowest BCUT2D eigenvalue weighted by Crippen LogP contribution is -2.08. The molecule has 0 saturated heterocycles. The lowest BCUT2D eigenvalue weighted by molar-refractivity contribution is 0.475. The quantitative estimate of drug-likeness (QED) is 0.688. The van der Waals surface area contributed by atoms with Crippen LogP contribution in [0, 0.1) is 11.3 Å². The van der Waals surface area contributed by atoms with Gasteiger partial charge in [0.1, 0.15) is 5.75 Å². The number of benzene rings is 1. The van der Waals surface area contributed by atoms with Crippen molar-refractivity contribution in [3.8, 4) is 11.8 Å². The van der Waals surface area contributed by atoms with Crippen molar-refractivity contribution in [2.24, 2.45) is 5.73 Å². The van der Waals surface area contributed by atoms with E-state index in [2.05, 4.69) is 0 Å². The normalized spacial score (nSPS) is 12.0. The highest BCUT2D eigenvalue weighted by Gasteiger charge is 2.03. The Morgan fingerprint density at radius 3 is 2.50 bits per heavy atom. The van der Waals surface area contributed by atoms with E-state index in [9.17, 15) is 0 Å². The third kappa shape index (κ3) is 1.97. The Bertz CT molecular complexity index is 286. The lowest BCUT2D eigenvalue weighted by Gasteiger charge is -2.06. The van der Waals surface area contributed by atoms with Crippen LogP contribution in [0.4, 0.5) is 0 Å². The van der Waals surface area contributed by atoms with E-state index < -0.39 is 0 Å². The molecule has 0 heterocycles. The first-order chi connectivity index (χ1) is 5.74. The van der Waals surface area contributed by atoms with Crippen LogP contribution in [0.1, 0.15) is 18.0 Å². The second kappa shape index (κ2) is 3.74. The van der Waals surface area contributed by atoms with Gasteiger partial charge in [0.05, 0.1) is 12.5 Å². The van der Waals surface area contributed by atoms with Gasteiger partial charge in [0.25, 0.3) is 0 Å². The smallest absolute Gasteiger partial charge is 0.115 e. The minimum Gasteiger partial charge on any atom is -0.508 e. The number of nitrogens with two attached hydrogens (primary N) is 1. The molecule has 0 unspecified atom stereocenters. The summed E-state index contributed by atoms with van der Waals surface area (Å²) in [6, 6.07) is 8.30. The van der Waals surface area contributed by atoms with Crippen molar-refractivity contribution in [1.82, 2.24) is 0 Å². The van der Waals surface area contributed by atoms with Gasteiger partial charge < -0.3 is 10.8 Å². The van der Waals surface area contributed by atoms with Crippen molar-refractivity contribution < 1.29 is 5.11 Å². The number of rotatable bonds is 2. The van der Waals surface area contributed by atoms with Gasteiger partial charge in [0, 0.05) is 6.04 Å². The first-order valence-corrected chi connectivity index (χ1v) is 3.65. The molecule has 0 fully saturated rings. The Morgan fingerprint density at radius 1 is 1.42 bits per heavy atom. The van der Waals surface area contributed by atoms with Crippen LogP contribution >= 0.6 is 0 Å². The summed E-state index contributed by atoms with van der Waals surface area (Å²) in [5, 5.41) is 17.3. The summed E-state index contributed by atoms with van der Waals surface area (Å²) in [6.07, 6.45) is 0.296. The fraction of sp³-hybridized carbons (Fsp3) is 0.222. The van der Waals surface area contributed by atoms with Crippen LogP contribution in [0.5, 0.6) is 5.75 Å². The maximum atomic E-state index is 8.96. The highest BCUT2D eigenvalue weighted by atomic mass is 16.3. The monoisotopic (exact) mass is 162 g/mol. The lowest BCUT2D eigenvalue weighted by atomic mass is 10.1. The third-order valence-corrected chi connectivity index (χ3v) is 1.63. The van der Waals surface area contributed by atoms with Crippen molar-refractivity contribution in [2.45, 2.75) is 12.5 Å². The predicted molar refractivity (Wildman–Crippen MR) is 45.3 cm³/mol. The van der Waals surface area contributed by atoms with Crippen molar-refractivity contribution in [1.29, 1.82) is 5.26 Å². The van der Waals surface area contributed by atoms with Crippen molar-refractivity contribution in [2.75, 3.05) is 0 Å². The molecule has 1 aromatic rings. The number of nitriles is 1. The van der Waals surface area contributed by atoms with Gasteiger partial charge in [-0.25, -0.2) is 0 Å². The van der Waals surface area contributed by atoms with Gasteiger partial charge in [-0.3, -0.25) is 0 Å². The Balaban J connectivity index is 2.76. The standard InChI is InChI=1S/C9H10N2O/c10-6-5-9(11)7-1-3-8(12)4-2-7/h1-4,9,12H,5,11H2/t9-/m0/s1. The average Bonchev–Trinajstić information content (AvgIpc) is 2.06. The topological polar surface area (TPSA) is 70.0 Å². The summed E-state index contributed by atoms with van der Waals surface area (Å²) < 4.78 is 0. The number of hydrogen-bond acceptors (Lipinski definition) is 3. The summed E-state index contributed by atoms with van der Waals surface area (Å²) in [6.45, 7) is 0. The van der Waals surface area contributed by atoms with Gasteiger partial charge in [-0.15, -0.1) is 0 Å². The average molecular weight is 162 g/mol. The molecular weight excluding hydrogens is 152 g/mol. The summed E-state index contributed by atoms with van der Waals surface area (Å²) in [7, 11) is 0. The predicted octanol–water partition coefficient (Wildman–Crippen LogP) is 1.31. The number of phenols is 1. The molecule has 62 valence electrons. The van der Waals surface area contributed by atoms with Crippen LogP contribution in [-0.4, -0.2) is 5.11 Å². The highest BCUT2D eigenvalue weighted by Crippen LogP contribution is 2.16. The van der Waals surface area contributed by atoms with Crippen molar-refractivity contribution >= 4 is 0 Å². The van der Waals surface area contributed by atoms with E-state index in [4.69, 9.17) is 16.1 Å². The van der Waals surface area contributed by atoms with Crippen LogP contribution in [0.15, 0.2) is 24.3 Å². The summed E-state index contributed by atoms with van der Waals surface area (Å²) >= 11 is 0. The van der Waals surface area contributed by atoms with Gasteiger partial charge in [0.15, 0.2) is 0 Å². The van der Waals surface area contributed by atoms with Crippen LogP contribution < -0.4 is 5.73 Å². The Kier molecular flexibility index (Phi) is 2.67. The molecule has 0 aliphatic rings. The maximum absolute atomic E-state index is 8.96. The molecule has 3 nitrogen and oxygen atoms in total. The van der Waals surface area contributed by atoms with Gasteiger partial charge >= 0.3 is 0 Å². The Morgan fingerprint density at radius 2 is 2.00 bits per heavy atom. The van der Waals surface area contributed by atoms with E-state index in [1.54, 1.807) is 24.3 Å². The second-order valence-electron chi connectivity index (χ2n) is 2.56. The molecule has 0 aromatic heterocycles. The van der Waals surface area contributed by atoms with E-state index in [1.807, 2.05) is 6.07 Å². The highest BCUT2D eigenvalue weighted by molar-refractivity contribution is 5.28. The SMILES string of the molecule is N#CC[C@H](N)c1ccc(O)cc1. The van der Waals surface area contributed by atoms with Crippen LogP contribution in [-0.2, 0) is 0 Å². The Labute approximate surface area is 71.1 Å². The number of aromatic hydroxyl groups is 1. The fourth-order valence-corrected chi connectivity index (χ4v) is 0.938. The molecule has 0 spiro atoms. The summed E-state index contributed by atoms with van der Waals surface area (Å²) in [5.74, 6) is 0.211. The van der Waals surface area contributed by atoms with Gasteiger partial charge in [-0.1, -0.05) is 12.1 Å². The molecule has 0 bridgehead atoms. The molecule has 0 radical (unpaired) electrons. The maximum Gasteiger partial charge on any atom is 0.115 e. The third-order valence-electron chi connectivity index (χ3n) is 1.63. The van der Waals surface area contributed by atoms with E-state index >= 15 is 0 Å². The van der Waals surface area contributed by atoms with E-state index in [0.717, 1.165) is 5.56 Å². The summed E-state index contributed by atoms with van der Waals surface area (Å²) in [4.78, 5) is 0. The van der Waals surface area contributed by atoms with Crippen LogP contribution in [0.3, 0.4) is 0 Å². The molecule has 1 aromatic carbocycles. The van der Waals surface area contributed by atoms with Crippen LogP contribution in [0.25, 0.3) is 0 Å². The summed E-state index contributed by atoms with van der Waals surface area (Å²) in [5.41, 5.74) is 6.52. The molecule has 0 amide bonds. The molecule has 12 heavy (non-hydrogen) atoms. The first kappa shape index (κ1) is 8.57. The van der Waals surface area contributed by atoms with Gasteiger partial charge in [0.2, 0.25) is 0 Å². The van der Waals surface area contributed by atoms with Crippen LogP contribution in [0.2, 0.25) is 0 Å². The number of hydrogen-bond donors (Lipinski definition) is 2. The van der Waals surface area contributed by atoms with E-state index in [1.165, 1.54) is 0 Å². The fourth-order valence-electron chi connectivity index (χ4n) is 0.938. The van der Waals surface area contributed by atoms with E-state index in [-0.39, 0.29) is 11.8 Å². The zero-order chi connectivity index (χ0) is 8.97. The molecule has 0 aliphatic carbocycles. The van der Waals surface area contributed by atoms with Crippen molar-refractivity contribution in [3.63, 3.8) is 0 Å². The number of phenolic OH excluding ortho intramolecular Hbond substituents is 1. The minimum atomic E-state index is -0.254. The molecule has 1 rings (SSSR count). The molecule has 3 N–H and O–H groups in total. The Hall–Kier alpha value is -1.53. The van der Waals surface area contributed by atoms with Gasteiger partial charge in [-0.2, -0.15) is 5.26 Å². The zero-order valence-corrected chi connectivity index (χ0v) is 6.57. The molecule has 1 atom stereocenters. The first-order valence-electron chi connectivity index (χ1n) is 3.65. The minimum absolute atomic E-state index is 0.211. The van der Waals surface area contributed by atoms with Crippen molar-refractivity contribution in [3.05, 3.63) is 29.8 Å².